The summed E-state index contributed by atoms with van der Waals surface area (Å²) in [6.07, 6.45) is -0.0611. The largest absolute Gasteiger partial charge is 0.384 e. The van der Waals surface area contributed by atoms with Crippen molar-refractivity contribution in [2.45, 2.75) is 26.6 Å². The van der Waals surface area contributed by atoms with Crippen molar-refractivity contribution in [1.29, 1.82) is 5.41 Å². The van der Waals surface area contributed by atoms with Gasteiger partial charge in [0, 0.05) is 12.2 Å². The Balaban J connectivity index is 2.59. The monoisotopic (exact) mass is 254 g/mol. The van der Waals surface area contributed by atoms with Crippen LogP contribution in [0, 0.1) is 11.2 Å². The SMILES string of the molecule is CCOCC(C)OCc1cc(F)cc(C(=N)N)c1. The lowest BCUT2D eigenvalue weighted by Gasteiger charge is -2.13. The molecular weight excluding hydrogens is 235 g/mol. The maximum atomic E-state index is 13.3. The quantitative estimate of drug-likeness (QED) is 0.578. The van der Waals surface area contributed by atoms with Crippen LogP contribution >= 0.6 is 0 Å². The third-order valence-electron chi connectivity index (χ3n) is 2.36. The number of hydrogen-bond donors (Lipinski definition) is 2. The first-order chi connectivity index (χ1) is 8.52. The predicted molar refractivity (Wildman–Crippen MR) is 68.2 cm³/mol. The van der Waals surface area contributed by atoms with Gasteiger partial charge in [0.15, 0.2) is 0 Å². The van der Waals surface area contributed by atoms with Gasteiger partial charge in [0.05, 0.1) is 19.3 Å². The van der Waals surface area contributed by atoms with Crippen LogP contribution in [0.2, 0.25) is 0 Å². The van der Waals surface area contributed by atoms with Gasteiger partial charge >= 0.3 is 0 Å². The van der Waals surface area contributed by atoms with E-state index in [0.29, 0.717) is 24.3 Å². The van der Waals surface area contributed by atoms with E-state index in [1.165, 1.54) is 12.1 Å². The normalized spacial score (nSPS) is 12.4. The van der Waals surface area contributed by atoms with Crippen LogP contribution in [0.3, 0.4) is 0 Å². The van der Waals surface area contributed by atoms with E-state index in [9.17, 15) is 4.39 Å². The Kier molecular flexibility index (Phi) is 5.74. The van der Waals surface area contributed by atoms with E-state index in [1.807, 2.05) is 13.8 Å². The maximum absolute atomic E-state index is 13.3. The molecule has 0 saturated heterocycles. The minimum Gasteiger partial charge on any atom is -0.384 e. The minimum absolute atomic E-state index is 0.0611. The number of rotatable bonds is 7. The molecule has 0 aromatic heterocycles. The number of nitrogens with one attached hydrogen (secondary N) is 1. The molecule has 0 aliphatic rings. The lowest BCUT2D eigenvalue weighted by Crippen LogP contribution is -2.16. The molecule has 0 saturated carbocycles. The summed E-state index contributed by atoms with van der Waals surface area (Å²) in [6.45, 7) is 5.22. The summed E-state index contributed by atoms with van der Waals surface area (Å²) in [5.41, 5.74) is 6.35. The summed E-state index contributed by atoms with van der Waals surface area (Å²) in [6, 6.07) is 4.26. The smallest absolute Gasteiger partial charge is 0.124 e. The fraction of sp³-hybridized carbons (Fsp3) is 0.462. The van der Waals surface area contributed by atoms with Crippen molar-refractivity contribution in [3.8, 4) is 0 Å². The van der Waals surface area contributed by atoms with Crippen LogP contribution in [-0.2, 0) is 16.1 Å². The van der Waals surface area contributed by atoms with Gasteiger partial charge in [-0.2, -0.15) is 0 Å². The molecule has 0 spiro atoms. The molecule has 1 unspecified atom stereocenters. The summed E-state index contributed by atoms with van der Waals surface area (Å²) in [7, 11) is 0. The number of ether oxygens (including phenoxy) is 2. The van der Waals surface area contributed by atoms with Crippen LogP contribution in [0.5, 0.6) is 0 Å². The number of nitrogen functional groups attached to an aromatic ring is 1. The van der Waals surface area contributed by atoms with Crippen LogP contribution < -0.4 is 5.73 Å². The maximum Gasteiger partial charge on any atom is 0.124 e. The first-order valence-corrected chi connectivity index (χ1v) is 5.86. The Morgan fingerprint density at radius 3 is 2.78 bits per heavy atom. The standard InChI is InChI=1S/C13H19FN2O2/c1-3-17-7-9(2)18-8-10-4-11(13(15)16)6-12(14)5-10/h4-6,9H,3,7-8H2,1-2H3,(H3,15,16). The molecule has 0 radical (unpaired) electrons. The highest BCUT2D eigenvalue weighted by atomic mass is 19.1. The van der Waals surface area contributed by atoms with Crippen molar-refractivity contribution >= 4 is 5.84 Å². The van der Waals surface area contributed by atoms with Gasteiger partial charge in [-0.15, -0.1) is 0 Å². The van der Waals surface area contributed by atoms with E-state index in [2.05, 4.69) is 0 Å². The van der Waals surface area contributed by atoms with Crippen LogP contribution in [0.4, 0.5) is 4.39 Å². The number of benzene rings is 1. The first-order valence-electron chi connectivity index (χ1n) is 5.86. The third kappa shape index (κ3) is 4.81. The van der Waals surface area contributed by atoms with Gasteiger partial charge in [0.2, 0.25) is 0 Å². The molecule has 1 rings (SSSR count). The molecular formula is C13H19FN2O2. The van der Waals surface area contributed by atoms with Gasteiger partial charge in [-0.1, -0.05) is 0 Å². The highest BCUT2D eigenvalue weighted by Gasteiger charge is 2.06. The molecule has 5 heteroatoms. The molecule has 0 heterocycles. The fourth-order valence-corrected chi connectivity index (χ4v) is 1.46. The predicted octanol–water partition coefficient (Wildman–Crippen LogP) is 2.05. The molecule has 1 atom stereocenters. The number of hydrogen-bond acceptors (Lipinski definition) is 3. The lowest BCUT2D eigenvalue weighted by atomic mass is 10.1. The summed E-state index contributed by atoms with van der Waals surface area (Å²) in [5.74, 6) is -0.572. The number of amidine groups is 1. The van der Waals surface area contributed by atoms with Gasteiger partial charge < -0.3 is 15.2 Å². The highest BCUT2D eigenvalue weighted by Crippen LogP contribution is 2.11. The zero-order valence-corrected chi connectivity index (χ0v) is 10.7. The molecule has 18 heavy (non-hydrogen) atoms. The van der Waals surface area contributed by atoms with Crippen molar-refractivity contribution in [1.82, 2.24) is 0 Å². The molecule has 1 aromatic carbocycles. The third-order valence-corrected chi connectivity index (χ3v) is 2.36. The summed E-state index contributed by atoms with van der Waals surface area (Å²) in [5, 5.41) is 7.29. The molecule has 0 bridgehead atoms. The molecule has 100 valence electrons. The summed E-state index contributed by atoms with van der Waals surface area (Å²) >= 11 is 0. The zero-order chi connectivity index (χ0) is 13.5. The van der Waals surface area contributed by atoms with Crippen molar-refractivity contribution in [2.75, 3.05) is 13.2 Å². The van der Waals surface area contributed by atoms with Crippen LogP contribution in [-0.4, -0.2) is 25.2 Å². The fourth-order valence-electron chi connectivity index (χ4n) is 1.46. The van der Waals surface area contributed by atoms with E-state index in [0.717, 1.165) is 0 Å². The Labute approximate surface area is 106 Å². The van der Waals surface area contributed by atoms with Crippen molar-refractivity contribution in [2.24, 2.45) is 5.73 Å². The van der Waals surface area contributed by atoms with E-state index in [4.69, 9.17) is 20.6 Å². The Morgan fingerprint density at radius 1 is 1.44 bits per heavy atom. The van der Waals surface area contributed by atoms with Crippen molar-refractivity contribution in [3.63, 3.8) is 0 Å². The molecule has 1 aromatic rings. The Bertz CT molecular complexity index is 410. The average Bonchev–Trinajstić information content (AvgIpc) is 2.33. The minimum atomic E-state index is -0.418. The number of nitrogens with two attached hydrogens (primary N) is 1. The Hall–Kier alpha value is -1.46. The number of halogens is 1. The van der Waals surface area contributed by atoms with Crippen molar-refractivity contribution < 1.29 is 13.9 Å². The van der Waals surface area contributed by atoms with Crippen molar-refractivity contribution in [3.05, 3.63) is 35.1 Å². The van der Waals surface area contributed by atoms with E-state index < -0.39 is 5.82 Å². The zero-order valence-electron chi connectivity index (χ0n) is 10.7. The van der Waals surface area contributed by atoms with Gasteiger partial charge in [-0.3, -0.25) is 5.41 Å². The van der Waals surface area contributed by atoms with E-state index >= 15 is 0 Å². The Morgan fingerprint density at radius 2 is 2.17 bits per heavy atom. The molecule has 3 N–H and O–H groups in total. The second-order valence-electron chi connectivity index (χ2n) is 4.04. The van der Waals surface area contributed by atoms with Crippen LogP contribution in [0.1, 0.15) is 25.0 Å². The molecule has 4 nitrogen and oxygen atoms in total. The molecule has 0 aliphatic carbocycles. The summed E-state index contributed by atoms with van der Waals surface area (Å²) < 4.78 is 24.0. The van der Waals surface area contributed by atoms with E-state index in [1.54, 1.807) is 6.07 Å². The molecule has 0 fully saturated rings. The molecule has 0 aliphatic heterocycles. The second kappa shape index (κ2) is 7.08. The average molecular weight is 254 g/mol. The summed E-state index contributed by atoms with van der Waals surface area (Å²) in [4.78, 5) is 0. The molecule has 0 amide bonds. The van der Waals surface area contributed by atoms with E-state index in [-0.39, 0.29) is 18.5 Å². The highest BCUT2D eigenvalue weighted by molar-refractivity contribution is 5.95. The second-order valence-corrected chi connectivity index (χ2v) is 4.04. The first kappa shape index (κ1) is 14.6. The van der Waals surface area contributed by atoms with Gasteiger partial charge in [-0.25, -0.2) is 4.39 Å². The lowest BCUT2D eigenvalue weighted by molar-refractivity contribution is -0.0117. The van der Waals surface area contributed by atoms with Gasteiger partial charge in [0.1, 0.15) is 11.7 Å². The topological polar surface area (TPSA) is 68.3 Å². The van der Waals surface area contributed by atoms with Crippen LogP contribution in [0.25, 0.3) is 0 Å². The van der Waals surface area contributed by atoms with Gasteiger partial charge in [0.25, 0.3) is 0 Å². The van der Waals surface area contributed by atoms with Crippen LogP contribution in [0.15, 0.2) is 18.2 Å². The van der Waals surface area contributed by atoms with Gasteiger partial charge in [-0.05, 0) is 37.6 Å².